The highest BCUT2D eigenvalue weighted by atomic mass is 32.2. The number of carbonyl (C=O) groups is 1. The molecule has 1 amide bonds. The summed E-state index contributed by atoms with van der Waals surface area (Å²) < 4.78 is 31.8. The number of aromatic nitrogens is 3. The minimum absolute atomic E-state index is 0.212. The lowest BCUT2D eigenvalue weighted by Crippen LogP contribution is -2.07. The third-order valence-corrected chi connectivity index (χ3v) is 6.01. The van der Waals surface area contributed by atoms with E-state index in [1.165, 1.54) is 16.9 Å². The fraction of sp³-hybridized carbons (Fsp3) is 0.235. The predicted octanol–water partition coefficient (Wildman–Crippen LogP) is 3.34. The summed E-state index contributed by atoms with van der Waals surface area (Å²) in [5.41, 5.74) is 1.15. The Morgan fingerprint density at radius 2 is 2.08 bits per heavy atom. The van der Waals surface area contributed by atoms with E-state index in [1.807, 2.05) is 0 Å². The molecule has 0 aliphatic carbocycles. The van der Waals surface area contributed by atoms with Crippen LogP contribution in [0.15, 0.2) is 52.1 Å². The highest BCUT2D eigenvalue weighted by molar-refractivity contribution is 7.93. The summed E-state index contributed by atoms with van der Waals surface area (Å²) in [6, 6.07) is 6.42. The minimum Gasteiger partial charge on any atom is -0.272 e. The molecule has 0 N–H and O–H groups in total. The van der Waals surface area contributed by atoms with Crippen molar-refractivity contribution >= 4 is 26.5 Å². The summed E-state index contributed by atoms with van der Waals surface area (Å²) in [5.74, 6) is -0.594. The van der Waals surface area contributed by atoms with Gasteiger partial charge in [0.2, 0.25) is 0 Å². The van der Waals surface area contributed by atoms with Gasteiger partial charge in [-0.1, -0.05) is 13.8 Å². The number of pyridine rings is 1. The second-order valence-electron chi connectivity index (χ2n) is 5.42. The molecule has 3 rings (SSSR count). The molecule has 25 heavy (non-hydrogen) atoms. The Kier molecular flexibility index (Phi) is 4.63. The largest absolute Gasteiger partial charge is 0.272 e. The topological polar surface area (TPSA) is 77.2 Å². The van der Waals surface area contributed by atoms with Gasteiger partial charge in [0.15, 0.2) is 0 Å². The molecule has 1 atom stereocenters. The summed E-state index contributed by atoms with van der Waals surface area (Å²) >= 11 is 0. The fourth-order valence-corrected chi connectivity index (χ4v) is 3.99. The van der Waals surface area contributed by atoms with E-state index in [-0.39, 0.29) is 18.1 Å². The molecule has 2 aromatic heterocycles. The van der Waals surface area contributed by atoms with E-state index in [0.29, 0.717) is 16.1 Å². The number of hydrogen-bond acceptors (Lipinski definition) is 4. The molecule has 0 saturated heterocycles. The van der Waals surface area contributed by atoms with Crippen molar-refractivity contribution in [2.45, 2.75) is 25.2 Å². The van der Waals surface area contributed by atoms with Crippen LogP contribution in [0.5, 0.6) is 0 Å². The highest BCUT2D eigenvalue weighted by Gasteiger charge is 2.14. The number of benzene rings is 1. The number of amides is 1. The van der Waals surface area contributed by atoms with E-state index in [0.717, 1.165) is 11.6 Å². The molecule has 0 fully saturated rings. The van der Waals surface area contributed by atoms with Crippen molar-refractivity contribution in [1.29, 1.82) is 0 Å². The Morgan fingerprint density at radius 3 is 2.76 bits per heavy atom. The fourth-order valence-electron chi connectivity index (χ4n) is 2.37. The van der Waals surface area contributed by atoms with Crippen molar-refractivity contribution in [3.63, 3.8) is 0 Å². The first kappa shape index (κ1) is 17.2. The molecule has 3 aromatic rings. The highest BCUT2D eigenvalue weighted by Crippen LogP contribution is 2.22. The first-order valence-electron chi connectivity index (χ1n) is 7.83. The molecule has 130 valence electrons. The molecule has 1 aromatic carbocycles. The van der Waals surface area contributed by atoms with E-state index in [9.17, 15) is 13.4 Å². The predicted molar refractivity (Wildman–Crippen MR) is 93.5 cm³/mol. The molecule has 0 spiro atoms. The molecule has 0 aliphatic rings. The summed E-state index contributed by atoms with van der Waals surface area (Å²) in [6.07, 6.45) is 4.53. The number of nitrogens with zero attached hydrogens (tertiary/aromatic N) is 4. The van der Waals surface area contributed by atoms with Gasteiger partial charge in [-0.3, -0.25) is 9.78 Å². The van der Waals surface area contributed by atoms with Gasteiger partial charge < -0.3 is 0 Å². The quantitative estimate of drug-likeness (QED) is 0.715. The standard InChI is InChI=1S/C17H17FN4O2S/c1-3-17(23)21-25(24,4-2)15-5-6-16-12(7-15)11-22(20-16)14-8-13(18)9-19-10-14/h5-11H,3-4H2,1-2H3. The van der Waals surface area contributed by atoms with Crippen LogP contribution in [-0.4, -0.2) is 30.6 Å². The zero-order valence-corrected chi connectivity index (χ0v) is 14.7. The number of rotatable bonds is 4. The van der Waals surface area contributed by atoms with Crippen molar-refractivity contribution in [3.05, 3.63) is 48.7 Å². The van der Waals surface area contributed by atoms with Gasteiger partial charge >= 0.3 is 0 Å². The van der Waals surface area contributed by atoms with Gasteiger partial charge in [-0.05, 0) is 18.2 Å². The van der Waals surface area contributed by atoms with Crippen LogP contribution in [-0.2, 0) is 14.5 Å². The average molecular weight is 360 g/mol. The van der Waals surface area contributed by atoms with Gasteiger partial charge in [0, 0.05) is 34.7 Å². The Morgan fingerprint density at radius 1 is 1.28 bits per heavy atom. The van der Waals surface area contributed by atoms with Crippen LogP contribution < -0.4 is 0 Å². The van der Waals surface area contributed by atoms with E-state index in [2.05, 4.69) is 14.4 Å². The molecule has 2 heterocycles. The first-order valence-corrected chi connectivity index (χ1v) is 9.51. The SMILES string of the molecule is CCC(=O)N=S(=O)(CC)c1ccc2nn(-c3cncc(F)c3)cc2c1. The van der Waals surface area contributed by atoms with Crippen LogP contribution in [0.3, 0.4) is 0 Å². The summed E-state index contributed by atoms with van der Waals surface area (Å²) in [5, 5.41) is 5.09. The summed E-state index contributed by atoms with van der Waals surface area (Å²) in [6.45, 7) is 3.42. The number of halogens is 1. The summed E-state index contributed by atoms with van der Waals surface area (Å²) in [7, 11) is -2.80. The molecule has 0 radical (unpaired) electrons. The third kappa shape index (κ3) is 3.43. The number of hydrogen-bond donors (Lipinski definition) is 0. The average Bonchev–Trinajstić information content (AvgIpc) is 3.04. The first-order chi connectivity index (χ1) is 11.9. The lowest BCUT2D eigenvalue weighted by molar-refractivity contribution is -0.117. The van der Waals surface area contributed by atoms with E-state index >= 15 is 0 Å². The van der Waals surface area contributed by atoms with Crippen LogP contribution in [0.25, 0.3) is 16.6 Å². The van der Waals surface area contributed by atoms with Gasteiger partial charge in [0.1, 0.15) is 5.82 Å². The van der Waals surface area contributed by atoms with E-state index in [1.54, 1.807) is 38.2 Å². The molecule has 0 saturated carbocycles. The zero-order chi connectivity index (χ0) is 18.0. The Balaban J connectivity index is 2.10. The van der Waals surface area contributed by atoms with Crippen molar-refractivity contribution in [1.82, 2.24) is 14.8 Å². The van der Waals surface area contributed by atoms with Gasteiger partial charge in [-0.15, -0.1) is 0 Å². The molecular formula is C17H17FN4O2S. The molecule has 6 nitrogen and oxygen atoms in total. The van der Waals surface area contributed by atoms with Crippen LogP contribution in [0.4, 0.5) is 4.39 Å². The van der Waals surface area contributed by atoms with E-state index in [4.69, 9.17) is 0 Å². The number of fused-ring (bicyclic) bond motifs is 1. The van der Waals surface area contributed by atoms with Gasteiger partial charge in [-0.25, -0.2) is 13.3 Å². The lowest BCUT2D eigenvalue weighted by Gasteiger charge is -2.07. The van der Waals surface area contributed by atoms with Crippen LogP contribution in [0, 0.1) is 5.82 Å². The minimum atomic E-state index is -2.80. The summed E-state index contributed by atoms with van der Waals surface area (Å²) in [4.78, 5) is 15.9. The Labute approximate surface area is 144 Å². The van der Waals surface area contributed by atoms with Gasteiger partial charge in [0.25, 0.3) is 5.91 Å². The van der Waals surface area contributed by atoms with Crippen molar-refractivity contribution in [3.8, 4) is 5.69 Å². The molecule has 8 heteroatoms. The van der Waals surface area contributed by atoms with Crippen molar-refractivity contribution in [2.24, 2.45) is 4.36 Å². The van der Waals surface area contributed by atoms with Crippen LogP contribution >= 0.6 is 0 Å². The lowest BCUT2D eigenvalue weighted by atomic mass is 10.3. The van der Waals surface area contributed by atoms with Crippen molar-refractivity contribution < 1.29 is 13.4 Å². The maximum absolute atomic E-state index is 13.3. The molecule has 0 aliphatic heterocycles. The molecule has 1 unspecified atom stereocenters. The van der Waals surface area contributed by atoms with Gasteiger partial charge in [0.05, 0.1) is 33.3 Å². The molecule has 0 bridgehead atoms. The van der Waals surface area contributed by atoms with E-state index < -0.39 is 15.5 Å². The number of carbonyl (C=O) groups excluding carboxylic acids is 1. The van der Waals surface area contributed by atoms with Crippen molar-refractivity contribution in [2.75, 3.05) is 5.75 Å². The van der Waals surface area contributed by atoms with Gasteiger partial charge in [-0.2, -0.15) is 9.46 Å². The maximum atomic E-state index is 13.3. The second-order valence-corrected chi connectivity index (χ2v) is 7.94. The smallest absolute Gasteiger partial charge is 0.253 e. The maximum Gasteiger partial charge on any atom is 0.253 e. The van der Waals surface area contributed by atoms with Crippen LogP contribution in [0.2, 0.25) is 0 Å². The second kappa shape index (κ2) is 6.72. The molecular weight excluding hydrogens is 343 g/mol. The third-order valence-electron chi connectivity index (χ3n) is 3.74. The Hall–Kier alpha value is -2.61. The Bertz CT molecular complexity index is 1070. The zero-order valence-electron chi connectivity index (χ0n) is 13.8. The van der Waals surface area contributed by atoms with Crippen LogP contribution in [0.1, 0.15) is 20.3 Å². The monoisotopic (exact) mass is 360 g/mol. The normalized spacial score (nSPS) is 13.6.